The second kappa shape index (κ2) is 4.35. The molecule has 1 rings (SSSR count). The first-order chi connectivity index (χ1) is 6.91. The van der Waals surface area contributed by atoms with Crippen molar-refractivity contribution in [3.05, 3.63) is 27.6 Å². The third kappa shape index (κ3) is 2.73. The third-order valence-electron chi connectivity index (χ3n) is 1.88. The van der Waals surface area contributed by atoms with Crippen molar-refractivity contribution < 1.29 is 4.79 Å². The lowest BCUT2D eigenvalue weighted by Crippen LogP contribution is -2.32. The molecule has 0 aliphatic carbocycles. The monoisotopic (exact) mass is 229 g/mol. The highest BCUT2D eigenvalue weighted by atomic mass is 35.5. The Balaban J connectivity index is 3.05. The zero-order valence-electron chi connectivity index (χ0n) is 8.53. The Morgan fingerprint density at radius 1 is 1.60 bits per heavy atom. The summed E-state index contributed by atoms with van der Waals surface area (Å²) < 4.78 is 1.19. The van der Waals surface area contributed by atoms with Gasteiger partial charge in [-0.05, 0) is 6.07 Å². The number of nitrogen functional groups attached to an aromatic ring is 1. The topological polar surface area (TPSA) is 68.3 Å². The number of amides is 1. The van der Waals surface area contributed by atoms with Crippen molar-refractivity contribution in [2.24, 2.45) is 0 Å². The van der Waals surface area contributed by atoms with Gasteiger partial charge in [0.25, 0.3) is 5.56 Å². The minimum absolute atomic E-state index is 0.0362. The van der Waals surface area contributed by atoms with Gasteiger partial charge in [0.15, 0.2) is 0 Å². The molecule has 0 aromatic carbocycles. The zero-order valence-corrected chi connectivity index (χ0v) is 9.28. The zero-order chi connectivity index (χ0) is 11.6. The van der Waals surface area contributed by atoms with Crippen molar-refractivity contribution in [2.75, 3.05) is 19.8 Å². The molecule has 0 radical (unpaired) electrons. The molecule has 6 heteroatoms. The summed E-state index contributed by atoms with van der Waals surface area (Å²) in [6.07, 6.45) is 1.39. The van der Waals surface area contributed by atoms with Gasteiger partial charge in [-0.3, -0.25) is 9.59 Å². The van der Waals surface area contributed by atoms with Crippen LogP contribution in [0, 0.1) is 0 Å². The lowest BCUT2D eigenvalue weighted by Gasteiger charge is -2.12. The highest BCUT2D eigenvalue weighted by molar-refractivity contribution is 6.30. The lowest BCUT2D eigenvalue weighted by atomic mass is 10.4. The van der Waals surface area contributed by atoms with Crippen molar-refractivity contribution in [3.8, 4) is 0 Å². The summed E-state index contributed by atoms with van der Waals surface area (Å²) in [4.78, 5) is 24.2. The molecule has 0 unspecified atom stereocenters. The van der Waals surface area contributed by atoms with E-state index in [1.54, 1.807) is 14.1 Å². The summed E-state index contributed by atoms with van der Waals surface area (Å²) in [5.41, 5.74) is 5.06. The number of carbonyl (C=O) groups excluding carboxylic acids is 1. The van der Waals surface area contributed by atoms with Gasteiger partial charge in [0.1, 0.15) is 6.54 Å². The Bertz CT molecular complexity index is 439. The van der Waals surface area contributed by atoms with E-state index in [0.717, 1.165) is 0 Å². The predicted molar refractivity (Wildman–Crippen MR) is 58.8 cm³/mol. The Morgan fingerprint density at radius 2 is 2.20 bits per heavy atom. The second-order valence-electron chi connectivity index (χ2n) is 3.33. The highest BCUT2D eigenvalue weighted by Gasteiger charge is 2.08. The molecule has 0 saturated carbocycles. The standard InChI is InChI=1S/C9H12ClN3O2/c1-12(2)8(14)5-13-4-6(10)3-7(11)9(13)15/h3-4H,5,11H2,1-2H3. The Kier molecular flexibility index (Phi) is 3.36. The van der Waals surface area contributed by atoms with E-state index in [9.17, 15) is 9.59 Å². The number of anilines is 1. The molecule has 1 aromatic heterocycles. The molecular weight excluding hydrogens is 218 g/mol. The largest absolute Gasteiger partial charge is 0.394 e. The van der Waals surface area contributed by atoms with Gasteiger partial charge in [-0.2, -0.15) is 0 Å². The van der Waals surface area contributed by atoms with Crippen LogP contribution in [0.1, 0.15) is 0 Å². The van der Waals surface area contributed by atoms with Crippen LogP contribution in [0.3, 0.4) is 0 Å². The number of halogens is 1. The number of nitrogens with zero attached hydrogens (tertiary/aromatic N) is 2. The van der Waals surface area contributed by atoms with Gasteiger partial charge in [-0.25, -0.2) is 0 Å². The maximum Gasteiger partial charge on any atom is 0.274 e. The average Bonchev–Trinajstić information content (AvgIpc) is 2.13. The summed E-state index contributed by atoms with van der Waals surface area (Å²) in [5, 5.41) is 0.332. The van der Waals surface area contributed by atoms with Gasteiger partial charge >= 0.3 is 0 Å². The Hall–Kier alpha value is -1.49. The first-order valence-electron chi connectivity index (χ1n) is 4.27. The van der Waals surface area contributed by atoms with E-state index in [0.29, 0.717) is 5.02 Å². The molecule has 1 amide bonds. The summed E-state index contributed by atoms with van der Waals surface area (Å²) in [6, 6.07) is 1.36. The summed E-state index contributed by atoms with van der Waals surface area (Å²) in [5.74, 6) is -0.196. The molecule has 0 fully saturated rings. The van der Waals surface area contributed by atoms with Crippen molar-refractivity contribution in [1.82, 2.24) is 9.47 Å². The minimum Gasteiger partial charge on any atom is -0.394 e. The van der Waals surface area contributed by atoms with Crippen LogP contribution in [0.2, 0.25) is 5.02 Å². The smallest absolute Gasteiger partial charge is 0.274 e. The van der Waals surface area contributed by atoms with Crippen LogP contribution in [0.25, 0.3) is 0 Å². The highest BCUT2D eigenvalue weighted by Crippen LogP contribution is 2.08. The van der Waals surface area contributed by atoms with E-state index in [1.807, 2.05) is 0 Å². The fourth-order valence-corrected chi connectivity index (χ4v) is 1.26. The van der Waals surface area contributed by atoms with Crippen LogP contribution in [0.5, 0.6) is 0 Å². The molecule has 0 spiro atoms. The number of hydrogen-bond acceptors (Lipinski definition) is 3. The Labute approximate surface area is 92.0 Å². The molecule has 1 heterocycles. The molecule has 2 N–H and O–H groups in total. The Morgan fingerprint density at radius 3 is 2.73 bits per heavy atom. The van der Waals surface area contributed by atoms with Crippen LogP contribution in [-0.2, 0) is 11.3 Å². The lowest BCUT2D eigenvalue weighted by molar-refractivity contribution is -0.129. The SMILES string of the molecule is CN(C)C(=O)Cn1cc(Cl)cc(N)c1=O. The first-order valence-corrected chi connectivity index (χ1v) is 4.65. The maximum atomic E-state index is 11.5. The quantitative estimate of drug-likeness (QED) is 0.786. The van der Waals surface area contributed by atoms with E-state index in [-0.39, 0.29) is 18.1 Å². The number of hydrogen-bond donors (Lipinski definition) is 1. The third-order valence-corrected chi connectivity index (χ3v) is 2.09. The normalized spacial score (nSPS) is 10.1. The number of nitrogens with two attached hydrogens (primary N) is 1. The van der Waals surface area contributed by atoms with E-state index in [1.165, 1.54) is 21.7 Å². The van der Waals surface area contributed by atoms with Gasteiger partial charge in [-0.15, -0.1) is 0 Å². The van der Waals surface area contributed by atoms with Crippen molar-refractivity contribution >= 4 is 23.2 Å². The van der Waals surface area contributed by atoms with Gasteiger partial charge < -0.3 is 15.2 Å². The number of carbonyl (C=O) groups is 1. The molecule has 0 atom stereocenters. The summed E-state index contributed by atoms with van der Waals surface area (Å²) in [6.45, 7) is -0.0589. The van der Waals surface area contributed by atoms with Crippen molar-refractivity contribution in [2.45, 2.75) is 6.54 Å². The predicted octanol–water partition coefficient (Wildman–Crippen LogP) is 0.172. The van der Waals surface area contributed by atoms with Crippen LogP contribution >= 0.6 is 11.6 Å². The van der Waals surface area contributed by atoms with Crippen LogP contribution in [0.15, 0.2) is 17.1 Å². The molecule has 5 nitrogen and oxygen atoms in total. The second-order valence-corrected chi connectivity index (χ2v) is 3.77. The number of aromatic nitrogens is 1. The fraction of sp³-hybridized carbons (Fsp3) is 0.333. The van der Waals surface area contributed by atoms with Gasteiger partial charge in [-0.1, -0.05) is 11.6 Å². The van der Waals surface area contributed by atoms with Gasteiger partial charge in [0.2, 0.25) is 5.91 Å². The summed E-state index contributed by atoms with van der Waals surface area (Å²) >= 11 is 5.72. The van der Waals surface area contributed by atoms with Gasteiger partial charge in [0, 0.05) is 20.3 Å². The fourth-order valence-electron chi connectivity index (χ4n) is 1.03. The first kappa shape index (κ1) is 11.6. The molecule has 0 aliphatic rings. The van der Waals surface area contributed by atoms with E-state index < -0.39 is 5.56 Å². The maximum absolute atomic E-state index is 11.5. The molecule has 0 saturated heterocycles. The molecule has 0 aliphatic heterocycles. The van der Waals surface area contributed by atoms with Crippen LogP contribution in [0.4, 0.5) is 5.69 Å². The van der Waals surface area contributed by atoms with Gasteiger partial charge in [0.05, 0.1) is 10.7 Å². The van der Waals surface area contributed by atoms with E-state index in [4.69, 9.17) is 17.3 Å². The molecule has 15 heavy (non-hydrogen) atoms. The molecule has 0 bridgehead atoms. The average molecular weight is 230 g/mol. The molecule has 1 aromatic rings. The summed E-state index contributed by atoms with van der Waals surface area (Å²) in [7, 11) is 3.22. The molecule has 82 valence electrons. The van der Waals surface area contributed by atoms with Crippen molar-refractivity contribution in [1.29, 1.82) is 0 Å². The number of likely N-dealkylation sites (N-methyl/N-ethyl adjacent to an activating group) is 1. The van der Waals surface area contributed by atoms with Crippen molar-refractivity contribution in [3.63, 3.8) is 0 Å². The molecular formula is C9H12ClN3O2. The minimum atomic E-state index is -0.408. The van der Waals surface area contributed by atoms with Crippen LogP contribution in [-0.4, -0.2) is 29.5 Å². The number of rotatable bonds is 2. The van der Waals surface area contributed by atoms with E-state index in [2.05, 4.69) is 0 Å². The number of pyridine rings is 1. The van der Waals surface area contributed by atoms with E-state index >= 15 is 0 Å². The van der Waals surface area contributed by atoms with Crippen LogP contribution < -0.4 is 11.3 Å².